The third-order valence-corrected chi connectivity index (χ3v) is 6.45. The number of anilines is 1. The van der Waals surface area contributed by atoms with Crippen molar-refractivity contribution in [1.82, 2.24) is 14.3 Å². The summed E-state index contributed by atoms with van der Waals surface area (Å²) < 4.78 is 50.9. The molecule has 0 spiro atoms. The summed E-state index contributed by atoms with van der Waals surface area (Å²) in [5.41, 5.74) is 0.254. The first-order valence-electron chi connectivity index (χ1n) is 9.00. The first-order valence-corrected chi connectivity index (χ1v) is 10.9. The number of hydrogen-bond acceptors (Lipinski definition) is 4. The molecular formula is C19H17BrF2N4O3S. The highest BCUT2D eigenvalue weighted by Gasteiger charge is 2.29. The summed E-state index contributed by atoms with van der Waals surface area (Å²) in [6.45, 7) is 0.294. The van der Waals surface area contributed by atoms with Gasteiger partial charge in [0.2, 0.25) is 5.78 Å². The number of methoxy groups -OCH3 is 1. The first kappa shape index (κ1) is 20.9. The highest BCUT2D eigenvalue weighted by Crippen LogP contribution is 2.32. The van der Waals surface area contributed by atoms with Gasteiger partial charge < -0.3 is 9.72 Å². The molecule has 0 aliphatic carbocycles. The molecule has 0 bridgehead atoms. The van der Waals surface area contributed by atoms with E-state index in [-0.39, 0.29) is 35.5 Å². The zero-order valence-corrected chi connectivity index (χ0v) is 18.1. The molecule has 158 valence electrons. The lowest BCUT2D eigenvalue weighted by atomic mass is 10.0. The van der Waals surface area contributed by atoms with E-state index < -0.39 is 28.9 Å². The van der Waals surface area contributed by atoms with E-state index in [1.54, 1.807) is 12.3 Å². The van der Waals surface area contributed by atoms with E-state index in [4.69, 9.17) is 4.74 Å². The van der Waals surface area contributed by atoms with Crippen molar-refractivity contribution < 1.29 is 22.5 Å². The number of rotatable bonds is 6. The fourth-order valence-electron chi connectivity index (χ4n) is 3.32. The highest BCUT2D eigenvalue weighted by molar-refractivity contribution is 9.10. The summed E-state index contributed by atoms with van der Waals surface area (Å²) in [6.07, 6.45) is 2.24. The number of carbonyl (C=O) groups excluding carboxylic acids is 1. The first-order chi connectivity index (χ1) is 14.4. The van der Waals surface area contributed by atoms with Crippen LogP contribution in [0.25, 0.3) is 11.0 Å². The fraction of sp³-hybridized carbons (Fsp3) is 0.263. The summed E-state index contributed by atoms with van der Waals surface area (Å²) in [5.74, 6) is -1.48. The molecule has 4 rings (SSSR count). The lowest BCUT2D eigenvalue weighted by Gasteiger charge is -2.17. The van der Waals surface area contributed by atoms with Crippen LogP contribution in [-0.2, 0) is 11.2 Å². The molecule has 2 N–H and O–H groups in total. The number of nitrogens with one attached hydrogen (secondary N) is 2. The number of hydrogen-bond donors (Lipinski definition) is 2. The molecule has 30 heavy (non-hydrogen) atoms. The predicted molar refractivity (Wildman–Crippen MR) is 113 cm³/mol. The van der Waals surface area contributed by atoms with Crippen LogP contribution in [0.5, 0.6) is 5.75 Å². The Hall–Kier alpha value is -2.37. The molecule has 0 radical (unpaired) electrons. The van der Waals surface area contributed by atoms with Crippen molar-refractivity contribution in [3.05, 3.63) is 52.0 Å². The molecule has 11 heteroatoms. The molecule has 3 heterocycles. The van der Waals surface area contributed by atoms with Gasteiger partial charge in [0.05, 0.1) is 12.8 Å². The number of alkyl halides is 1. The van der Waals surface area contributed by atoms with Crippen LogP contribution in [0.1, 0.15) is 22.3 Å². The highest BCUT2D eigenvalue weighted by atomic mass is 79.9. The van der Waals surface area contributed by atoms with Gasteiger partial charge in [0.15, 0.2) is 17.0 Å². The number of aromatic amines is 1. The minimum Gasteiger partial charge on any atom is -0.496 e. The van der Waals surface area contributed by atoms with E-state index in [0.717, 1.165) is 0 Å². The Labute approximate surface area is 181 Å². The average molecular weight is 499 g/mol. The van der Waals surface area contributed by atoms with Gasteiger partial charge in [-0.15, -0.1) is 0 Å². The molecule has 3 aromatic rings. The molecule has 1 fully saturated rings. The van der Waals surface area contributed by atoms with Gasteiger partial charge in [0.25, 0.3) is 0 Å². The zero-order valence-electron chi connectivity index (χ0n) is 15.7. The zero-order chi connectivity index (χ0) is 21.4. The van der Waals surface area contributed by atoms with Crippen molar-refractivity contribution in [2.24, 2.45) is 0 Å². The normalized spacial score (nSPS) is 17.9. The number of aromatic nitrogens is 2. The lowest BCUT2D eigenvalue weighted by molar-refractivity contribution is 0.103. The maximum atomic E-state index is 15.3. The Morgan fingerprint density at radius 1 is 1.47 bits per heavy atom. The predicted octanol–water partition coefficient (Wildman–Crippen LogP) is 3.74. The van der Waals surface area contributed by atoms with E-state index in [2.05, 4.69) is 30.6 Å². The van der Waals surface area contributed by atoms with Gasteiger partial charge in [0.1, 0.15) is 23.1 Å². The van der Waals surface area contributed by atoms with Gasteiger partial charge in [0, 0.05) is 40.9 Å². The number of benzene rings is 1. The van der Waals surface area contributed by atoms with Crippen molar-refractivity contribution in [1.29, 1.82) is 0 Å². The van der Waals surface area contributed by atoms with Crippen LogP contribution in [0.4, 0.5) is 14.5 Å². The molecule has 2 aromatic heterocycles. The number of ketones is 1. The molecule has 1 aliphatic heterocycles. The van der Waals surface area contributed by atoms with Crippen molar-refractivity contribution in [3.8, 4) is 5.75 Å². The summed E-state index contributed by atoms with van der Waals surface area (Å²) >= 11 is 1.47. The minimum atomic E-state index is -1.84. The second-order valence-electron chi connectivity index (χ2n) is 6.71. The minimum absolute atomic E-state index is 0.000387. The summed E-state index contributed by atoms with van der Waals surface area (Å²) in [6, 6.07) is 4.45. The Kier molecular flexibility index (Phi) is 5.85. The second-order valence-corrected chi connectivity index (χ2v) is 8.85. The number of nitrogens with zero attached hydrogens (tertiary/aromatic N) is 2. The third kappa shape index (κ3) is 3.84. The van der Waals surface area contributed by atoms with Gasteiger partial charge in [-0.3, -0.25) is 9.52 Å². The van der Waals surface area contributed by atoms with Gasteiger partial charge in [-0.05, 0) is 40.5 Å². The van der Waals surface area contributed by atoms with Crippen LogP contribution in [0, 0.1) is 5.82 Å². The quantitative estimate of drug-likeness (QED) is 0.506. The van der Waals surface area contributed by atoms with E-state index in [0.29, 0.717) is 22.1 Å². The number of halogens is 3. The van der Waals surface area contributed by atoms with E-state index in [9.17, 15) is 13.4 Å². The summed E-state index contributed by atoms with van der Waals surface area (Å²) in [7, 11) is 1.33. The topological polar surface area (TPSA) is 87.3 Å². The molecule has 2 unspecified atom stereocenters. The molecule has 0 saturated carbocycles. The molecule has 1 aromatic carbocycles. The van der Waals surface area contributed by atoms with Crippen LogP contribution < -0.4 is 9.46 Å². The Bertz CT molecular complexity index is 1160. The fourth-order valence-corrected chi connectivity index (χ4v) is 4.69. The molecule has 2 atom stereocenters. The van der Waals surface area contributed by atoms with E-state index in [1.807, 2.05) is 0 Å². The lowest BCUT2D eigenvalue weighted by Crippen LogP contribution is -2.29. The summed E-state index contributed by atoms with van der Waals surface area (Å²) in [4.78, 5) is 20.3. The number of fused-ring (bicyclic) bond motifs is 1. The molecule has 7 nitrogen and oxygen atoms in total. The van der Waals surface area contributed by atoms with Gasteiger partial charge >= 0.3 is 0 Å². The Morgan fingerprint density at radius 2 is 2.27 bits per heavy atom. The van der Waals surface area contributed by atoms with Crippen molar-refractivity contribution in [2.45, 2.75) is 12.6 Å². The van der Waals surface area contributed by atoms with Crippen LogP contribution in [-0.4, -0.2) is 50.6 Å². The Balaban J connectivity index is 1.71. The maximum absolute atomic E-state index is 15.3. The number of pyridine rings is 1. The number of ether oxygens (including phenoxy) is 1. The number of carbonyl (C=O) groups is 1. The SMILES string of the molecule is COc1ccc(NS(=O)N2CCC(F)C2)c(F)c1C(=O)c1c[nH]c2ncc(Br)cc12. The Morgan fingerprint density at radius 3 is 2.97 bits per heavy atom. The van der Waals surface area contributed by atoms with Crippen LogP contribution in [0.2, 0.25) is 0 Å². The standard InChI is InChI=1S/C19H17BrF2N4O3S/c1-29-15-3-2-14(25-30(28)26-5-4-11(21)9-26)17(22)16(15)18(27)13-8-24-19-12(13)6-10(20)7-23-19/h2-3,6-8,11,25H,4-5,9H2,1H3,(H,23,24). The molecular weight excluding hydrogens is 482 g/mol. The van der Waals surface area contributed by atoms with Gasteiger partial charge in [-0.1, -0.05) is 0 Å². The van der Waals surface area contributed by atoms with Gasteiger partial charge in [-0.25, -0.2) is 22.3 Å². The number of H-pyrrole nitrogens is 1. The monoisotopic (exact) mass is 498 g/mol. The largest absolute Gasteiger partial charge is 0.496 e. The van der Waals surface area contributed by atoms with Crippen LogP contribution in [0.15, 0.2) is 35.1 Å². The van der Waals surface area contributed by atoms with Crippen LogP contribution >= 0.6 is 15.9 Å². The van der Waals surface area contributed by atoms with Crippen molar-refractivity contribution >= 4 is 49.6 Å². The van der Waals surface area contributed by atoms with Crippen molar-refractivity contribution in [2.75, 3.05) is 24.9 Å². The third-order valence-electron chi connectivity index (χ3n) is 4.82. The smallest absolute Gasteiger partial charge is 0.202 e. The summed E-state index contributed by atoms with van der Waals surface area (Å²) in [5, 5.41) is 0.517. The molecule has 1 saturated heterocycles. The average Bonchev–Trinajstić information content (AvgIpc) is 3.34. The van der Waals surface area contributed by atoms with E-state index >= 15 is 4.39 Å². The van der Waals surface area contributed by atoms with Crippen molar-refractivity contribution in [3.63, 3.8) is 0 Å². The van der Waals surface area contributed by atoms with Crippen LogP contribution in [0.3, 0.4) is 0 Å². The van der Waals surface area contributed by atoms with Gasteiger partial charge in [-0.2, -0.15) is 0 Å². The molecule has 0 amide bonds. The maximum Gasteiger partial charge on any atom is 0.202 e. The molecule has 1 aliphatic rings. The van der Waals surface area contributed by atoms with E-state index in [1.165, 1.54) is 29.7 Å². The second kappa shape index (κ2) is 8.40.